The van der Waals surface area contributed by atoms with E-state index in [9.17, 15) is 9.59 Å². The summed E-state index contributed by atoms with van der Waals surface area (Å²) in [5.41, 5.74) is 6.75. The summed E-state index contributed by atoms with van der Waals surface area (Å²) in [5.74, 6) is 0.485. The average Bonchev–Trinajstić information content (AvgIpc) is 2.81. The number of amides is 1. The van der Waals surface area contributed by atoms with Gasteiger partial charge in [0.25, 0.3) is 0 Å². The summed E-state index contributed by atoms with van der Waals surface area (Å²) >= 11 is 0. The van der Waals surface area contributed by atoms with Gasteiger partial charge in [0.1, 0.15) is 5.82 Å². The van der Waals surface area contributed by atoms with Crippen LogP contribution in [0.1, 0.15) is 56.8 Å². The highest BCUT2D eigenvalue weighted by molar-refractivity contribution is 5.84. The lowest BCUT2D eigenvalue weighted by Crippen LogP contribution is -2.36. The molecule has 2 N–H and O–H groups in total. The maximum absolute atomic E-state index is 12.1. The van der Waals surface area contributed by atoms with Crippen LogP contribution in [0.5, 0.6) is 0 Å². The molecule has 0 aromatic carbocycles. The molecule has 0 spiro atoms. The van der Waals surface area contributed by atoms with Gasteiger partial charge in [0.2, 0.25) is 5.91 Å². The Morgan fingerprint density at radius 2 is 2.12 bits per heavy atom. The molecule has 7 heteroatoms. The van der Waals surface area contributed by atoms with Crippen LogP contribution in [0.3, 0.4) is 0 Å². The van der Waals surface area contributed by atoms with Crippen molar-refractivity contribution in [1.29, 1.82) is 0 Å². The minimum absolute atomic E-state index is 0.0127. The van der Waals surface area contributed by atoms with Gasteiger partial charge in [-0.2, -0.15) is 0 Å². The first-order chi connectivity index (χ1) is 11.9. The number of likely N-dealkylation sites (tertiary alicyclic amines) is 1. The molecule has 2 rings (SSSR count). The van der Waals surface area contributed by atoms with Gasteiger partial charge < -0.3 is 15.4 Å². The third kappa shape index (κ3) is 5.22. The van der Waals surface area contributed by atoms with Crippen molar-refractivity contribution in [3.8, 4) is 0 Å². The second-order valence-electron chi connectivity index (χ2n) is 6.63. The SMILES string of the molecule is CCOC(=O)C[C@H](CCCN1C(=O)[C@@H](N)C[C@H]1C)c1cnc(C)nc1. The third-order valence-corrected chi connectivity index (χ3v) is 4.67. The van der Waals surface area contributed by atoms with Crippen molar-refractivity contribution in [2.24, 2.45) is 5.73 Å². The molecule has 3 atom stereocenters. The molecule has 1 aromatic rings. The summed E-state index contributed by atoms with van der Waals surface area (Å²) in [4.78, 5) is 34.3. The van der Waals surface area contributed by atoms with Crippen LogP contribution >= 0.6 is 0 Å². The maximum Gasteiger partial charge on any atom is 0.306 e. The smallest absolute Gasteiger partial charge is 0.306 e. The highest BCUT2D eigenvalue weighted by Gasteiger charge is 2.34. The molecule has 0 radical (unpaired) electrons. The summed E-state index contributed by atoms with van der Waals surface area (Å²) in [6, 6.07) is -0.204. The van der Waals surface area contributed by atoms with E-state index in [4.69, 9.17) is 10.5 Å². The Labute approximate surface area is 149 Å². The zero-order valence-electron chi connectivity index (χ0n) is 15.3. The standard InChI is InChI=1S/C18H28N4O3/c1-4-25-17(23)9-14(15-10-20-13(3)21-11-15)6-5-7-22-12(2)8-16(19)18(22)24/h10-12,14,16H,4-9,19H2,1-3H3/t12-,14+,16+/m1/s1. The Bertz CT molecular complexity index is 590. The van der Waals surface area contributed by atoms with E-state index in [1.165, 1.54) is 0 Å². The van der Waals surface area contributed by atoms with Crippen LogP contribution < -0.4 is 5.73 Å². The Hall–Kier alpha value is -2.02. The number of nitrogens with zero attached hydrogens (tertiary/aromatic N) is 3. The number of nitrogens with two attached hydrogens (primary N) is 1. The second kappa shape index (κ2) is 8.89. The fourth-order valence-corrected chi connectivity index (χ4v) is 3.29. The number of carbonyl (C=O) groups is 2. The minimum atomic E-state index is -0.379. The summed E-state index contributed by atoms with van der Waals surface area (Å²) in [5, 5.41) is 0. The highest BCUT2D eigenvalue weighted by Crippen LogP contribution is 2.26. The average molecular weight is 348 g/mol. The zero-order valence-corrected chi connectivity index (χ0v) is 15.3. The fraction of sp³-hybridized carbons (Fsp3) is 0.667. The third-order valence-electron chi connectivity index (χ3n) is 4.67. The van der Waals surface area contributed by atoms with Gasteiger partial charge in [-0.15, -0.1) is 0 Å². The predicted molar refractivity (Wildman–Crippen MR) is 93.8 cm³/mol. The predicted octanol–water partition coefficient (Wildman–Crippen LogP) is 1.55. The lowest BCUT2D eigenvalue weighted by Gasteiger charge is -2.23. The van der Waals surface area contributed by atoms with Crippen LogP contribution in [0, 0.1) is 6.92 Å². The Morgan fingerprint density at radius 1 is 1.44 bits per heavy atom. The zero-order chi connectivity index (χ0) is 18.4. The Kier molecular flexibility index (Phi) is 6.87. The first kappa shape index (κ1) is 19.3. The van der Waals surface area contributed by atoms with E-state index in [1.54, 1.807) is 19.3 Å². The first-order valence-corrected chi connectivity index (χ1v) is 8.92. The van der Waals surface area contributed by atoms with Crippen LogP contribution in [0.2, 0.25) is 0 Å². The quantitative estimate of drug-likeness (QED) is 0.716. The van der Waals surface area contributed by atoms with E-state index in [0.717, 1.165) is 18.4 Å². The van der Waals surface area contributed by atoms with Crippen LogP contribution in [0.25, 0.3) is 0 Å². The van der Waals surface area contributed by atoms with E-state index < -0.39 is 0 Å². The molecule has 138 valence electrons. The molecular formula is C18H28N4O3. The van der Waals surface area contributed by atoms with Gasteiger partial charge in [0.15, 0.2) is 0 Å². The van der Waals surface area contributed by atoms with Crippen molar-refractivity contribution in [3.05, 3.63) is 23.8 Å². The molecule has 7 nitrogen and oxygen atoms in total. The fourth-order valence-electron chi connectivity index (χ4n) is 3.29. The molecule has 25 heavy (non-hydrogen) atoms. The molecule has 2 heterocycles. The summed E-state index contributed by atoms with van der Waals surface area (Å²) in [7, 11) is 0. The summed E-state index contributed by atoms with van der Waals surface area (Å²) in [6.07, 6.45) is 6.09. The lowest BCUT2D eigenvalue weighted by atomic mass is 9.93. The van der Waals surface area contributed by atoms with Crippen LogP contribution in [0.4, 0.5) is 0 Å². The normalized spacial score (nSPS) is 21.4. The number of hydrogen-bond acceptors (Lipinski definition) is 6. The molecule has 0 aliphatic carbocycles. The second-order valence-corrected chi connectivity index (χ2v) is 6.63. The summed E-state index contributed by atoms with van der Waals surface area (Å²) < 4.78 is 5.08. The lowest BCUT2D eigenvalue weighted by molar-refractivity contribution is -0.143. The number of aryl methyl sites for hydroxylation is 1. The van der Waals surface area contributed by atoms with E-state index in [1.807, 2.05) is 18.7 Å². The number of esters is 1. The van der Waals surface area contributed by atoms with Crippen LogP contribution in [0.15, 0.2) is 12.4 Å². The van der Waals surface area contributed by atoms with Crippen molar-refractivity contribution in [3.63, 3.8) is 0 Å². The molecule has 1 aromatic heterocycles. The van der Waals surface area contributed by atoms with Crippen molar-refractivity contribution < 1.29 is 14.3 Å². The molecular weight excluding hydrogens is 320 g/mol. The molecule has 1 aliphatic rings. The molecule has 1 amide bonds. The maximum atomic E-state index is 12.1. The largest absolute Gasteiger partial charge is 0.466 e. The van der Waals surface area contributed by atoms with E-state index in [0.29, 0.717) is 31.8 Å². The molecule has 0 unspecified atom stereocenters. The van der Waals surface area contributed by atoms with Crippen molar-refractivity contribution >= 4 is 11.9 Å². The molecule has 0 saturated carbocycles. The van der Waals surface area contributed by atoms with Gasteiger partial charge in [0, 0.05) is 25.0 Å². The molecule has 1 saturated heterocycles. The Balaban J connectivity index is 1.97. The van der Waals surface area contributed by atoms with E-state index in [2.05, 4.69) is 9.97 Å². The van der Waals surface area contributed by atoms with Crippen molar-refractivity contribution in [2.45, 2.75) is 64.5 Å². The Morgan fingerprint density at radius 3 is 2.68 bits per heavy atom. The number of hydrogen-bond donors (Lipinski definition) is 1. The topological polar surface area (TPSA) is 98.4 Å². The van der Waals surface area contributed by atoms with E-state index >= 15 is 0 Å². The van der Waals surface area contributed by atoms with Gasteiger partial charge in [-0.1, -0.05) is 0 Å². The minimum Gasteiger partial charge on any atom is -0.466 e. The van der Waals surface area contributed by atoms with Crippen LogP contribution in [-0.2, 0) is 14.3 Å². The van der Waals surface area contributed by atoms with Gasteiger partial charge in [0.05, 0.1) is 19.1 Å². The molecule has 1 fully saturated rings. The van der Waals surface area contributed by atoms with Gasteiger partial charge in [-0.25, -0.2) is 9.97 Å². The number of ether oxygens (including phenoxy) is 1. The van der Waals surface area contributed by atoms with Gasteiger partial charge in [-0.05, 0) is 51.5 Å². The molecule has 1 aliphatic heterocycles. The monoisotopic (exact) mass is 348 g/mol. The van der Waals surface area contributed by atoms with Gasteiger partial charge in [-0.3, -0.25) is 9.59 Å². The summed E-state index contributed by atoms with van der Waals surface area (Å²) in [6.45, 7) is 6.67. The highest BCUT2D eigenvalue weighted by atomic mass is 16.5. The molecule has 0 bridgehead atoms. The first-order valence-electron chi connectivity index (χ1n) is 8.92. The van der Waals surface area contributed by atoms with Crippen molar-refractivity contribution in [2.75, 3.05) is 13.2 Å². The van der Waals surface area contributed by atoms with Crippen molar-refractivity contribution in [1.82, 2.24) is 14.9 Å². The number of rotatable bonds is 8. The number of carbonyl (C=O) groups excluding carboxylic acids is 2. The number of aromatic nitrogens is 2. The van der Waals surface area contributed by atoms with Crippen LogP contribution in [-0.4, -0.2) is 52.0 Å². The van der Waals surface area contributed by atoms with E-state index in [-0.39, 0.29) is 29.9 Å². The van der Waals surface area contributed by atoms with Gasteiger partial charge >= 0.3 is 5.97 Å².